The van der Waals surface area contributed by atoms with E-state index in [1.807, 2.05) is 24.3 Å². The number of hydrogen-bond donors (Lipinski definition) is 1. The van der Waals surface area contributed by atoms with E-state index in [4.69, 9.17) is 9.47 Å². The van der Waals surface area contributed by atoms with Crippen LogP contribution in [0.15, 0.2) is 36.0 Å². The van der Waals surface area contributed by atoms with Gasteiger partial charge in [0, 0.05) is 41.2 Å². The van der Waals surface area contributed by atoms with Crippen molar-refractivity contribution in [3.05, 3.63) is 41.6 Å². The van der Waals surface area contributed by atoms with E-state index in [0.29, 0.717) is 5.57 Å². The van der Waals surface area contributed by atoms with E-state index < -0.39 is 29.6 Å². The van der Waals surface area contributed by atoms with Crippen molar-refractivity contribution in [3.63, 3.8) is 0 Å². The van der Waals surface area contributed by atoms with Crippen LogP contribution in [0.2, 0.25) is 0 Å². The number of cyclic esters (lactones) is 1. The summed E-state index contributed by atoms with van der Waals surface area (Å²) in [7, 11) is 0. The van der Waals surface area contributed by atoms with Crippen LogP contribution in [0.5, 0.6) is 0 Å². The van der Waals surface area contributed by atoms with Crippen LogP contribution in [0, 0.1) is 5.41 Å². The van der Waals surface area contributed by atoms with E-state index in [1.54, 1.807) is 20.8 Å². The summed E-state index contributed by atoms with van der Waals surface area (Å²) in [6.45, 7) is 7.74. The van der Waals surface area contributed by atoms with Gasteiger partial charge in [0.1, 0.15) is 6.61 Å². The van der Waals surface area contributed by atoms with Gasteiger partial charge in [-0.2, -0.15) is 0 Å². The quantitative estimate of drug-likeness (QED) is 0.546. The Hall–Kier alpha value is -2.60. The maximum absolute atomic E-state index is 12.6. The number of carbonyl (C=O) groups is 2. The van der Waals surface area contributed by atoms with Crippen molar-refractivity contribution in [1.29, 1.82) is 0 Å². The number of ether oxygens (including phenoxy) is 2. The highest BCUT2D eigenvalue weighted by Gasteiger charge is 2.45. The Labute approximate surface area is 177 Å². The summed E-state index contributed by atoms with van der Waals surface area (Å²) in [5.74, 6) is -0.885. The summed E-state index contributed by atoms with van der Waals surface area (Å²) >= 11 is 0. The summed E-state index contributed by atoms with van der Waals surface area (Å²) in [5, 5.41) is 11.0. The molecule has 1 aliphatic rings. The average Bonchev–Trinajstić information content (AvgIpc) is 3.22. The van der Waals surface area contributed by atoms with E-state index in [0.717, 1.165) is 35.9 Å². The highest BCUT2D eigenvalue weighted by Crippen LogP contribution is 2.34. The van der Waals surface area contributed by atoms with Gasteiger partial charge in [0.15, 0.2) is 5.60 Å². The van der Waals surface area contributed by atoms with Crippen LogP contribution < -0.4 is 0 Å². The molecule has 6 nitrogen and oxygen atoms in total. The van der Waals surface area contributed by atoms with Crippen molar-refractivity contribution >= 4 is 28.9 Å². The third kappa shape index (κ3) is 4.59. The van der Waals surface area contributed by atoms with Crippen molar-refractivity contribution in [2.45, 2.75) is 59.1 Å². The highest BCUT2D eigenvalue weighted by molar-refractivity contribution is 6.00. The van der Waals surface area contributed by atoms with E-state index in [-0.39, 0.29) is 13.0 Å². The Morgan fingerprint density at radius 3 is 2.73 bits per heavy atom. The number of fused-ring (bicyclic) bond motifs is 1. The smallest absolute Gasteiger partial charge is 0.334 e. The van der Waals surface area contributed by atoms with Gasteiger partial charge in [-0.15, -0.1) is 0 Å². The number of rotatable bonds is 7. The van der Waals surface area contributed by atoms with Gasteiger partial charge in [-0.3, -0.25) is 4.79 Å². The molecule has 1 aromatic heterocycles. The first-order valence-corrected chi connectivity index (χ1v) is 10.5. The fourth-order valence-electron chi connectivity index (χ4n) is 3.55. The van der Waals surface area contributed by atoms with E-state index >= 15 is 0 Å². The first-order chi connectivity index (χ1) is 14.2. The Morgan fingerprint density at radius 2 is 2.07 bits per heavy atom. The Morgan fingerprint density at radius 1 is 1.33 bits per heavy atom. The third-order valence-corrected chi connectivity index (χ3v) is 5.35. The number of nitrogens with zero attached hydrogens (tertiary/aromatic N) is 1. The van der Waals surface area contributed by atoms with Gasteiger partial charge in [0.25, 0.3) is 0 Å². The van der Waals surface area contributed by atoms with Gasteiger partial charge in [-0.1, -0.05) is 31.5 Å². The number of benzene rings is 1. The minimum atomic E-state index is -1.23. The van der Waals surface area contributed by atoms with E-state index in [1.165, 1.54) is 0 Å². The van der Waals surface area contributed by atoms with Gasteiger partial charge in [-0.05, 0) is 39.3 Å². The average molecular weight is 414 g/mol. The predicted octanol–water partition coefficient (Wildman–Crippen LogP) is 4.09. The molecule has 0 aliphatic carbocycles. The van der Waals surface area contributed by atoms with Gasteiger partial charge in [0.05, 0.1) is 12.0 Å². The van der Waals surface area contributed by atoms with Gasteiger partial charge in [-0.25, -0.2) is 4.79 Å². The molecule has 0 amide bonds. The van der Waals surface area contributed by atoms with Crippen LogP contribution in [0.3, 0.4) is 0 Å². The van der Waals surface area contributed by atoms with Crippen molar-refractivity contribution < 1.29 is 24.2 Å². The van der Waals surface area contributed by atoms with Gasteiger partial charge < -0.3 is 19.1 Å². The number of aliphatic hydroxyl groups is 1. The van der Waals surface area contributed by atoms with E-state index in [9.17, 15) is 14.7 Å². The molecule has 1 unspecified atom stereocenters. The van der Waals surface area contributed by atoms with Crippen LogP contribution in [0.25, 0.3) is 17.0 Å². The van der Waals surface area contributed by atoms with Crippen LogP contribution >= 0.6 is 0 Å². The topological polar surface area (TPSA) is 77.8 Å². The van der Waals surface area contributed by atoms with E-state index in [2.05, 4.69) is 23.8 Å². The fourth-order valence-corrected chi connectivity index (χ4v) is 3.55. The molecule has 2 heterocycles. The lowest BCUT2D eigenvalue weighted by molar-refractivity contribution is -0.171. The van der Waals surface area contributed by atoms with Crippen molar-refractivity contribution in [1.82, 2.24) is 4.57 Å². The number of unbranched alkanes of at least 4 members (excludes halogenated alkanes) is 1. The second-order valence-electron chi connectivity index (χ2n) is 9.05. The Kier molecular flexibility index (Phi) is 6.36. The maximum atomic E-state index is 12.6. The molecule has 1 atom stereocenters. The molecule has 1 aromatic carbocycles. The Bertz CT molecular complexity index is 966. The zero-order chi connectivity index (χ0) is 21.9. The van der Waals surface area contributed by atoms with Crippen LogP contribution in [-0.2, 0) is 25.6 Å². The number of esters is 2. The van der Waals surface area contributed by atoms with Crippen molar-refractivity contribution in [3.8, 4) is 0 Å². The third-order valence-electron chi connectivity index (χ3n) is 5.35. The minimum absolute atomic E-state index is 0.166. The lowest BCUT2D eigenvalue weighted by atomic mass is 9.96. The minimum Gasteiger partial charge on any atom is -0.461 e. The zero-order valence-electron chi connectivity index (χ0n) is 18.2. The molecule has 2 aromatic rings. The zero-order valence-corrected chi connectivity index (χ0v) is 18.2. The number of para-hydroxylation sites is 1. The highest BCUT2D eigenvalue weighted by atomic mass is 16.6. The number of carbonyl (C=O) groups excluding carboxylic acids is 2. The molecule has 162 valence electrons. The molecule has 1 saturated heterocycles. The predicted molar refractivity (Wildman–Crippen MR) is 116 cm³/mol. The number of aromatic nitrogens is 1. The molecule has 1 N–H and O–H groups in total. The summed E-state index contributed by atoms with van der Waals surface area (Å²) in [5.41, 5.74) is 0.628. The summed E-state index contributed by atoms with van der Waals surface area (Å²) in [6, 6.07) is 8.09. The molecule has 0 bridgehead atoms. The first kappa shape index (κ1) is 22.1. The molecular weight excluding hydrogens is 382 g/mol. The molecule has 1 aliphatic heterocycles. The summed E-state index contributed by atoms with van der Waals surface area (Å²) in [4.78, 5) is 24.7. The molecule has 0 saturated carbocycles. The molecule has 1 fully saturated rings. The number of aryl methyl sites for hydroxylation is 1. The SMILES string of the molecule is CCCCn1cc(/C=C2\CC(CO)(COC(=O)C(C)(C)C)OC2=O)c2ccccc21. The lowest BCUT2D eigenvalue weighted by Crippen LogP contribution is -2.40. The van der Waals surface area contributed by atoms with Gasteiger partial charge >= 0.3 is 11.9 Å². The van der Waals surface area contributed by atoms with Crippen molar-refractivity contribution in [2.75, 3.05) is 13.2 Å². The second-order valence-corrected chi connectivity index (χ2v) is 9.05. The summed E-state index contributed by atoms with van der Waals surface area (Å²) < 4.78 is 13.0. The number of aliphatic hydroxyl groups excluding tert-OH is 1. The first-order valence-electron chi connectivity index (χ1n) is 10.5. The lowest BCUT2D eigenvalue weighted by Gasteiger charge is -2.26. The molecule has 0 radical (unpaired) electrons. The molecule has 3 rings (SSSR count). The normalized spacial score (nSPS) is 20.7. The molecule has 6 heteroatoms. The second kappa shape index (κ2) is 8.64. The molecule has 30 heavy (non-hydrogen) atoms. The standard InChI is InChI=1S/C24H31NO5/c1-5-6-11-25-14-18(19-9-7-8-10-20(19)25)12-17-13-24(15-26,30-21(17)27)16-29-22(28)23(2,3)4/h7-10,12,14,26H,5-6,11,13,15-16H2,1-4H3/b17-12+. The van der Waals surface area contributed by atoms with Gasteiger partial charge in [0.2, 0.25) is 0 Å². The van der Waals surface area contributed by atoms with Crippen LogP contribution in [0.4, 0.5) is 0 Å². The molecular formula is C24H31NO5. The summed E-state index contributed by atoms with van der Waals surface area (Å²) in [6.07, 6.45) is 6.24. The maximum Gasteiger partial charge on any atom is 0.334 e. The van der Waals surface area contributed by atoms with Crippen molar-refractivity contribution in [2.24, 2.45) is 5.41 Å². The fraction of sp³-hybridized carbons (Fsp3) is 0.500. The number of hydrogen-bond acceptors (Lipinski definition) is 5. The monoisotopic (exact) mass is 413 g/mol. The molecule has 0 spiro atoms. The largest absolute Gasteiger partial charge is 0.461 e. The Balaban J connectivity index is 1.86. The van der Waals surface area contributed by atoms with Crippen LogP contribution in [-0.4, -0.2) is 40.4 Å². The van der Waals surface area contributed by atoms with Crippen LogP contribution in [0.1, 0.15) is 52.5 Å².